The number of anilines is 1. The van der Waals surface area contributed by atoms with Crippen LogP contribution in [0, 0.1) is 5.92 Å². The highest BCUT2D eigenvalue weighted by Gasteiger charge is 2.45. The van der Waals surface area contributed by atoms with E-state index in [0.717, 1.165) is 5.57 Å². The van der Waals surface area contributed by atoms with Crippen molar-refractivity contribution in [2.45, 2.75) is 12.1 Å². The third kappa shape index (κ3) is 1.28. The van der Waals surface area contributed by atoms with Gasteiger partial charge in [0.05, 0.1) is 25.1 Å². The quantitative estimate of drug-likeness (QED) is 0.616. The van der Waals surface area contributed by atoms with Crippen LogP contribution in [0.2, 0.25) is 0 Å². The molecule has 0 saturated heterocycles. The standard InChI is InChI=1S/C11H13N5O2/c1-5-6(2-17)9(18)8(5)16-4-15-7-10(12)13-3-14-11(7)16/h3-4,6,8-9,17-18H,1-2H2,(H2,12,13,14)/t6-,8-,9-/m1/s1. The van der Waals surface area contributed by atoms with E-state index >= 15 is 0 Å². The Kier molecular flexibility index (Phi) is 2.32. The number of hydrogen-bond acceptors (Lipinski definition) is 6. The van der Waals surface area contributed by atoms with Gasteiger partial charge in [0, 0.05) is 5.92 Å². The molecule has 0 aromatic carbocycles. The van der Waals surface area contributed by atoms with Crippen LogP contribution in [-0.4, -0.2) is 42.4 Å². The van der Waals surface area contributed by atoms with E-state index in [-0.39, 0.29) is 18.6 Å². The lowest BCUT2D eigenvalue weighted by Gasteiger charge is -2.43. The molecule has 0 amide bonds. The molecule has 2 heterocycles. The number of aliphatic hydroxyl groups excluding tert-OH is 2. The van der Waals surface area contributed by atoms with Gasteiger partial charge in [0.2, 0.25) is 0 Å². The van der Waals surface area contributed by atoms with Gasteiger partial charge in [-0.05, 0) is 5.57 Å². The van der Waals surface area contributed by atoms with E-state index < -0.39 is 6.10 Å². The Bertz CT molecular complexity index is 623. The molecule has 1 saturated carbocycles. The van der Waals surface area contributed by atoms with E-state index in [1.807, 2.05) is 0 Å². The molecule has 4 N–H and O–H groups in total. The van der Waals surface area contributed by atoms with Crippen LogP contribution in [-0.2, 0) is 0 Å². The lowest BCUT2D eigenvalue weighted by Crippen LogP contribution is -2.47. The molecule has 0 aliphatic heterocycles. The maximum absolute atomic E-state index is 9.99. The van der Waals surface area contributed by atoms with Crippen molar-refractivity contribution in [3.63, 3.8) is 0 Å². The molecule has 3 atom stereocenters. The number of nitrogen functional groups attached to an aromatic ring is 1. The lowest BCUT2D eigenvalue weighted by atomic mass is 9.73. The van der Waals surface area contributed by atoms with E-state index in [9.17, 15) is 5.11 Å². The maximum Gasteiger partial charge on any atom is 0.166 e. The van der Waals surface area contributed by atoms with Gasteiger partial charge in [0.25, 0.3) is 0 Å². The molecule has 2 aromatic rings. The molecule has 1 fully saturated rings. The molecular formula is C11H13N5O2. The third-order valence-electron chi connectivity index (χ3n) is 3.48. The number of nitrogens with two attached hydrogens (primary N) is 1. The Morgan fingerprint density at radius 2 is 2.17 bits per heavy atom. The molecule has 0 bridgehead atoms. The minimum absolute atomic E-state index is 0.111. The van der Waals surface area contributed by atoms with Crippen LogP contribution in [0.25, 0.3) is 11.2 Å². The van der Waals surface area contributed by atoms with E-state index in [1.165, 1.54) is 6.33 Å². The molecule has 1 aliphatic rings. The Hall–Kier alpha value is -1.99. The summed E-state index contributed by atoms with van der Waals surface area (Å²) in [5, 5.41) is 19.1. The largest absolute Gasteiger partial charge is 0.396 e. The summed E-state index contributed by atoms with van der Waals surface area (Å²) in [4.78, 5) is 12.1. The van der Waals surface area contributed by atoms with Crippen molar-refractivity contribution in [3.05, 3.63) is 24.8 Å². The zero-order valence-electron chi connectivity index (χ0n) is 9.56. The van der Waals surface area contributed by atoms with E-state index in [2.05, 4.69) is 21.5 Å². The lowest BCUT2D eigenvalue weighted by molar-refractivity contribution is -0.00183. The monoisotopic (exact) mass is 247 g/mol. The van der Waals surface area contributed by atoms with Crippen LogP contribution in [0.1, 0.15) is 6.04 Å². The first-order valence-electron chi connectivity index (χ1n) is 5.55. The molecule has 18 heavy (non-hydrogen) atoms. The number of aliphatic hydroxyl groups is 2. The van der Waals surface area contributed by atoms with Crippen LogP contribution in [0.15, 0.2) is 24.8 Å². The minimum atomic E-state index is -0.684. The van der Waals surface area contributed by atoms with Gasteiger partial charge in [-0.15, -0.1) is 0 Å². The van der Waals surface area contributed by atoms with Crippen molar-refractivity contribution >= 4 is 17.0 Å². The summed E-state index contributed by atoms with van der Waals surface area (Å²) >= 11 is 0. The zero-order valence-corrected chi connectivity index (χ0v) is 9.56. The number of rotatable bonds is 2. The predicted octanol–water partition coefficient (Wildman–Crippen LogP) is -0.511. The maximum atomic E-state index is 9.99. The van der Waals surface area contributed by atoms with Crippen LogP contribution >= 0.6 is 0 Å². The van der Waals surface area contributed by atoms with Crippen molar-refractivity contribution in [3.8, 4) is 0 Å². The van der Waals surface area contributed by atoms with Gasteiger partial charge in [-0.2, -0.15) is 0 Å². The molecule has 3 rings (SSSR count). The molecule has 0 unspecified atom stereocenters. The third-order valence-corrected chi connectivity index (χ3v) is 3.48. The van der Waals surface area contributed by atoms with Gasteiger partial charge in [-0.1, -0.05) is 6.58 Å². The van der Waals surface area contributed by atoms with Crippen molar-refractivity contribution in [1.82, 2.24) is 19.5 Å². The summed E-state index contributed by atoms with van der Waals surface area (Å²) in [5.74, 6) is 0.0171. The average Bonchev–Trinajstić information content (AvgIpc) is 2.76. The second-order valence-electron chi connectivity index (χ2n) is 4.38. The van der Waals surface area contributed by atoms with Crippen molar-refractivity contribution in [2.24, 2.45) is 5.92 Å². The number of fused-ring (bicyclic) bond motifs is 1. The van der Waals surface area contributed by atoms with Gasteiger partial charge in [0.1, 0.15) is 11.8 Å². The van der Waals surface area contributed by atoms with Crippen LogP contribution in [0.5, 0.6) is 0 Å². The van der Waals surface area contributed by atoms with Crippen molar-refractivity contribution in [1.29, 1.82) is 0 Å². The highest BCUT2D eigenvalue weighted by molar-refractivity contribution is 5.81. The fourth-order valence-electron chi connectivity index (χ4n) is 2.40. The fourth-order valence-corrected chi connectivity index (χ4v) is 2.40. The minimum Gasteiger partial charge on any atom is -0.396 e. The van der Waals surface area contributed by atoms with Crippen LogP contribution < -0.4 is 5.73 Å². The fraction of sp³-hybridized carbons (Fsp3) is 0.364. The van der Waals surface area contributed by atoms with E-state index in [4.69, 9.17) is 10.8 Å². The molecule has 7 heteroatoms. The van der Waals surface area contributed by atoms with Crippen LogP contribution in [0.4, 0.5) is 5.82 Å². The van der Waals surface area contributed by atoms with E-state index in [0.29, 0.717) is 17.0 Å². The Morgan fingerprint density at radius 1 is 1.39 bits per heavy atom. The van der Waals surface area contributed by atoms with Crippen molar-refractivity contribution < 1.29 is 10.2 Å². The second kappa shape index (κ2) is 3.76. The molecule has 0 spiro atoms. The molecule has 94 valence electrons. The first kappa shape index (κ1) is 11.1. The highest BCUT2D eigenvalue weighted by atomic mass is 16.3. The van der Waals surface area contributed by atoms with Gasteiger partial charge in [-0.25, -0.2) is 15.0 Å². The highest BCUT2D eigenvalue weighted by Crippen LogP contribution is 2.43. The Labute approximate surface area is 103 Å². The molecule has 1 aliphatic carbocycles. The Morgan fingerprint density at radius 3 is 2.83 bits per heavy atom. The number of imidazole rings is 1. The molecule has 2 aromatic heterocycles. The van der Waals surface area contributed by atoms with Gasteiger partial charge >= 0.3 is 0 Å². The van der Waals surface area contributed by atoms with E-state index in [1.54, 1.807) is 10.9 Å². The first-order valence-corrected chi connectivity index (χ1v) is 5.55. The van der Waals surface area contributed by atoms with Gasteiger partial charge < -0.3 is 20.5 Å². The average molecular weight is 247 g/mol. The summed E-state index contributed by atoms with van der Waals surface area (Å²) in [6.45, 7) is 3.78. The predicted molar refractivity (Wildman–Crippen MR) is 64.5 cm³/mol. The van der Waals surface area contributed by atoms with Gasteiger partial charge in [0.15, 0.2) is 11.5 Å². The number of aromatic nitrogens is 4. The van der Waals surface area contributed by atoms with Crippen LogP contribution in [0.3, 0.4) is 0 Å². The molecule has 7 nitrogen and oxygen atoms in total. The summed E-state index contributed by atoms with van der Waals surface area (Å²) in [5.41, 5.74) is 7.53. The summed E-state index contributed by atoms with van der Waals surface area (Å²) in [6.07, 6.45) is 2.23. The Balaban J connectivity index is 2.07. The first-order chi connectivity index (χ1) is 8.65. The zero-order chi connectivity index (χ0) is 12.9. The summed E-state index contributed by atoms with van der Waals surface area (Å²) in [7, 11) is 0. The second-order valence-corrected chi connectivity index (χ2v) is 4.38. The smallest absolute Gasteiger partial charge is 0.166 e. The van der Waals surface area contributed by atoms with Crippen molar-refractivity contribution in [2.75, 3.05) is 12.3 Å². The SMILES string of the molecule is C=C1[C@@H](CO)[C@@H](O)[C@@H]1n1cnc2c(N)ncnc21. The number of nitrogens with zero attached hydrogens (tertiary/aromatic N) is 4. The van der Waals surface area contributed by atoms with Gasteiger partial charge in [-0.3, -0.25) is 0 Å². The summed E-state index contributed by atoms with van der Waals surface area (Å²) in [6, 6.07) is -0.318. The molecular weight excluding hydrogens is 234 g/mol. The summed E-state index contributed by atoms with van der Waals surface area (Å²) < 4.78 is 1.71. The topological polar surface area (TPSA) is 110 Å². The molecule has 0 radical (unpaired) electrons. The number of hydrogen-bond donors (Lipinski definition) is 3. The normalized spacial score (nSPS) is 27.4.